The van der Waals surface area contributed by atoms with Gasteiger partial charge >= 0.3 is 0 Å². The van der Waals surface area contributed by atoms with Crippen LogP contribution >= 0.6 is 0 Å². The van der Waals surface area contributed by atoms with Gasteiger partial charge in [-0.1, -0.05) is 27.7 Å². The number of aromatic nitrogens is 3. The molecule has 0 aromatic carbocycles. The summed E-state index contributed by atoms with van der Waals surface area (Å²) in [6, 6.07) is 0. The van der Waals surface area contributed by atoms with Gasteiger partial charge in [-0.15, -0.1) is 10.2 Å². The van der Waals surface area contributed by atoms with Gasteiger partial charge in [-0.05, 0) is 17.9 Å². The van der Waals surface area contributed by atoms with Gasteiger partial charge in [-0.25, -0.2) is 0 Å². The topological polar surface area (TPSA) is 42.7 Å². The normalized spacial score (nSPS) is 14.2. The molecule has 86 valence electrons. The van der Waals surface area contributed by atoms with Crippen molar-refractivity contribution in [2.75, 3.05) is 6.54 Å². The first-order valence-corrected chi connectivity index (χ1v) is 5.45. The third-order valence-corrected chi connectivity index (χ3v) is 3.02. The molecular formula is C11H22N4. The molecule has 1 heterocycles. The smallest absolute Gasteiger partial charge is 0.146 e. The molecule has 0 radical (unpaired) electrons. The molecule has 1 aromatic rings. The van der Waals surface area contributed by atoms with E-state index >= 15 is 0 Å². The van der Waals surface area contributed by atoms with E-state index in [-0.39, 0.29) is 0 Å². The molecule has 0 aliphatic carbocycles. The minimum Gasteiger partial charge on any atom is -0.320 e. The second kappa shape index (κ2) is 4.75. The minimum atomic E-state index is 0.354. The highest BCUT2D eigenvalue weighted by molar-refractivity contribution is 4.83. The fraction of sp³-hybridized carbons (Fsp3) is 0.818. The van der Waals surface area contributed by atoms with Crippen LogP contribution in [-0.2, 0) is 13.6 Å². The van der Waals surface area contributed by atoms with E-state index in [9.17, 15) is 0 Å². The SMILES string of the molecule is CC(CNCc1nncn1C)C(C)(C)C. The van der Waals surface area contributed by atoms with Crippen LogP contribution in [0.15, 0.2) is 6.33 Å². The van der Waals surface area contributed by atoms with Gasteiger partial charge in [-0.2, -0.15) is 0 Å². The number of aryl methyl sites for hydroxylation is 1. The Morgan fingerprint density at radius 1 is 1.47 bits per heavy atom. The molecule has 15 heavy (non-hydrogen) atoms. The zero-order valence-corrected chi connectivity index (χ0v) is 10.4. The van der Waals surface area contributed by atoms with E-state index in [1.165, 1.54) is 0 Å². The summed E-state index contributed by atoms with van der Waals surface area (Å²) in [6.07, 6.45) is 1.73. The van der Waals surface area contributed by atoms with Crippen LogP contribution in [0.25, 0.3) is 0 Å². The molecule has 0 fully saturated rings. The number of hydrogen-bond donors (Lipinski definition) is 1. The van der Waals surface area contributed by atoms with Crippen molar-refractivity contribution < 1.29 is 0 Å². The van der Waals surface area contributed by atoms with Crippen molar-refractivity contribution in [3.05, 3.63) is 12.2 Å². The van der Waals surface area contributed by atoms with Crippen molar-refractivity contribution in [1.82, 2.24) is 20.1 Å². The second-order valence-electron chi connectivity index (χ2n) is 5.26. The Balaban J connectivity index is 2.31. The Labute approximate surface area is 92.1 Å². The third-order valence-electron chi connectivity index (χ3n) is 3.02. The molecule has 0 aliphatic rings. The van der Waals surface area contributed by atoms with Crippen LogP contribution in [0.4, 0.5) is 0 Å². The Bertz CT molecular complexity index is 298. The van der Waals surface area contributed by atoms with Gasteiger partial charge in [0, 0.05) is 7.05 Å². The van der Waals surface area contributed by atoms with Gasteiger partial charge < -0.3 is 9.88 Å². The summed E-state index contributed by atoms with van der Waals surface area (Å²) >= 11 is 0. The summed E-state index contributed by atoms with van der Waals surface area (Å²) in [5.74, 6) is 1.63. The van der Waals surface area contributed by atoms with Crippen molar-refractivity contribution in [3.63, 3.8) is 0 Å². The average Bonchev–Trinajstić information content (AvgIpc) is 2.50. The molecule has 4 nitrogen and oxygen atoms in total. The van der Waals surface area contributed by atoms with Gasteiger partial charge in [-0.3, -0.25) is 0 Å². The van der Waals surface area contributed by atoms with E-state index in [0.717, 1.165) is 18.9 Å². The Hall–Kier alpha value is -0.900. The molecule has 1 atom stereocenters. The highest BCUT2D eigenvalue weighted by Gasteiger charge is 2.19. The molecule has 0 saturated heterocycles. The van der Waals surface area contributed by atoms with Crippen LogP contribution in [0.2, 0.25) is 0 Å². The fourth-order valence-corrected chi connectivity index (χ4v) is 1.17. The van der Waals surface area contributed by atoms with E-state index in [1.807, 2.05) is 11.6 Å². The number of hydrogen-bond acceptors (Lipinski definition) is 3. The summed E-state index contributed by atoms with van der Waals surface area (Å²) in [4.78, 5) is 0. The van der Waals surface area contributed by atoms with Gasteiger partial charge in [0.25, 0.3) is 0 Å². The molecule has 1 aromatic heterocycles. The lowest BCUT2D eigenvalue weighted by atomic mass is 9.82. The van der Waals surface area contributed by atoms with Crippen molar-refractivity contribution in [2.24, 2.45) is 18.4 Å². The maximum atomic E-state index is 4.03. The van der Waals surface area contributed by atoms with E-state index in [2.05, 4.69) is 43.2 Å². The zero-order valence-electron chi connectivity index (χ0n) is 10.4. The van der Waals surface area contributed by atoms with E-state index in [1.54, 1.807) is 6.33 Å². The minimum absolute atomic E-state index is 0.354. The van der Waals surface area contributed by atoms with Crippen LogP contribution < -0.4 is 5.32 Å². The summed E-state index contributed by atoms with van der Waals surface area (Å²) in [5.41, 5.74) is 0.354. The van der Waals surface area contributed by atoms with Crippen molar-refractivity contribution in [1.29, 1.82) is 0 Å². The van der Waals surface area contributed by atoms with Crippen molar-refractivity contribution >= 4 is 0 Å². The third kappa shape index (κ3) is 3.63. The molecule has 0 amide bonds. The van der Waals surface area contributed by atoms with Crippen LogP contribution in [0.1, 0.15) is 33.5 Å². The number of nitrogens with one attached hydrogen (secondary N) is 1. The van der Waals surface area contributed by atoms with Crippen LogP contribution in [0, 0.1) is 11.3 Å². The maximum Gasteiger partial charge on any atom is 0.146 e. The lowest BCUT2D eigenvalue weighted by Gasteiger charge is -2.27. The molecule has 4 heteroatoms. The van der Waals surface area contributed by atoms with Gasteiger partial charge in [0.15, 0.2) is 0 Å². The average molecular weight is 210 g/mol. The molecule has 0 saturated carbocycles. The summed E-state index contributed by atoms with van der Waals surface area (Å²) in [7, 11) is 1.96. The quantitative estimate of drug-likeness (QED) is 0.820. The van der Waals surface area contributed by atoms with Crippen LogP contribution in [0.5, 0.6) is 0 Å². The molecule has 1 rings (SSSR count). The van der Waals surface area contributed by atoms with Gasteiger partial charge in [0.05, 0.1) is 6.54 Å². The van der Waals surface area contributed by atoms with Crippen LogP contribution in [-0.4, -0.2) is 21.3 Å². The number of rotatable bonds is 4. The first-order valence-electron chi connectivity index (χ1n) is 5.45. The second-order valence-corrected chi connectivity index (χ2v) is 5.26. The van der Waals surface area contributed by atoms with E-state index in [4.69, 9.17) is 0 Å². The predicted molar refractivity (Wildman–Crippen MR) is 61.3 cm³/mol. The van der Waals surface area contributed by atoms with Crippen molar-refractivity contribution in [2.45, 2.75) is 34.2 Å². The molecule has 0 spiro atoms. The first-order chi connectivity index (χ1) is 6.91. The Morgan fingerprint density at radius 3 is 2.60 bits per heavy atom. The lowest BCUT2D eigenvalue weighted by molar-refractivity contribution is 0.252. The van der Waals surface area contributed by atoms with E-state index < -0.39 is 0 Å². The largest absolute Gasteiger partial charge is 0.320 e. The summed E-state index contributed by atoms with van der Waals surface area (Å²) in [6.45, 7) is 10.9. The fourth-order valence-electron chi connectivity index (χ4n) is 1.17. The van der Waals surface area contributed by atoms with Gasteiger partial charge in [0.1, 0.15) is 12.2 Å². The maximum absolute atomic E-state index is 4.03. The van der Waals surface area contributed by atoms with E-state index in [0.29, 0.717) is 11.3 Å². The highest BCUT2D eigenvalue weighted by atomic mass is 15.3. The molecule has 0 aliphatic heterocycles. The van der Waals surface area contributed by atoms with Crippen LogP contribution in [0.3, 0.4) is 0 Å². The standard InChI is InChI=1S/C11H22N4/c1-9(11(2,3)4)6-12-7-10-14-13-8-15(10)5/h8-9,12H,6-7H2,1-5H3. The molecule has 1 N–H and O–H groups in total. The first kappa shape index (κ1) is 12.2. The highest BCUT2D eigenvalue weighted by Crippen LogP contribution is 2.24. The molecule has 0 bridgehead atoms. The summed E-state index contributed by atoms with van der Waals surface area (Å²) < 4.78 is 1.94. The summed E-state index contributed by atoms with van der Waals surface area (Å²) in [5, 5.41) is 11.3. The lowest BCUT2D eigenvalue weighted by Crippen LogP contribution is -2.30. The monoisotopic (exact) mass is 210 g/mol. The zero-order chi connectivity index (χ0) is 11.5. The predicted octanol–water partition coefficient (Wildman–Crippen LogP) is 1.59. The van der Waals surface area contributed by atoms with Crippen molar-refractivity contribution in [3.8, 4) is 0 Å². The Kier molecular flexibility index (Phi) is 3.85. The molecule has 1 unspecified atom stereocenters. The Morgan fingerprint density at radius 2 is 2.13 bits per heavy atom. The molecular weight excluding hydrogens is 188 g/mol. The van der Waals surface area contributed by atoms with Gasteiger partial charge in [0.2, 0.25) is 0 Å². The number of nitrogens with zero attached hydrogens (tertiary/aromatic N) is 3.